The van der Waals surface area contributed by atoms with Crippen LogP contribution in [0.3, 0.4) is 0 Å². The summed E-state index contributed by atoms with van der Waals surface area (Å²) >= 11 is 0. The van der Waals surface area contributed by atoms with Crippen LogP contribution in [-0.2, 0) is 22.4 Å². The molecule has 0 spiro atoms. The second-order valence-corrected chi connectivity index (χ2v) is 6.36. The minimum atomic E-state index is -1.02. The fourth-order valence-electron chi connectivity index (χ4n) is 2.73. The SMILES string of the molecule is CCOc1ccc(CC(CNC(=O)CCc2cc(F)ccc2F)C(=O)O)cc1. The van der Waals surface area contributed by atoms with Gasteiger partial charge in [-0.05, 0) is 61.2 Å². The molecule has 1 amide bonds. The van der Waals surface area contributed by atoms with Crippen LogP contribution < -0.4 is 10.1 Å². The zero-order valence-corrected chi connectivity index (χ0v) is 15.6. The van der Waals surface area contributed by atoms with Gasteiger partial charge < -0.3 is 15.2 Å². The molecule has 2 aromatic carbocycles. The molecule has 0 aliphatic heterocycles. The van der Waals surface area contributed by atoms with Gasteiger partial charge in [0.25, 0.3) is 0 Å². The summed E-state index contributed by atoms with van der Waals surface area (Å²) in [5, 5.41) is 12.0. The first-order valence-corrected chi connectivity index (χ1v) is 9.04. The van der Waals surface area contributed by atoms with Gasteiger partial charge in [0.15, 0.2) is 0 Å². The molecule has 2 rings (SSSR count). The molecule has 7 heteroatoms. The number of hydrogen-bond acceptors (Lipinski definition) is 3. The van der Waals surface area contributed by atoms with Crippen LogP contribution in [-0.4, -0.2) is 30.1 Å². The first-order chi connectivity index (χ1) is 13.4. The number of benzene rings is 2. The molecular formula is C21H23F2NO4. The summed E-state index contributed by atoms with van der Waals surface area (Å²) in [6.07, 6.45) is 0.225. The highest BCUT2D eigenvalue weighted by molar-refractivity contribution is 5.77. The van der Waals surface area contributed by atoms with Crippen molar-refractivity contribution in [2.75, 3.05) is 13.2 Å². The Balaban J connectivity index is 1.85. The van der Waals surface area contributed by atoms with Gasteiger partial charge >= 0.3 is 5.97 Å². The Labute approximate surface area is 162 Å². The van der Waals surface area contributed by atoms with Crippen LogP contribution >= 0.6 is 0 Å². The number of hydrogen-bond donors (Lipinski definition) is 2. The van der Waals surface area contributed by atoms with Gasteiger partial charge in [0, 0.05) is 13.0 Å². The minimum Gasteiger partial charge on any atom is -0.494 e. The minimum absolute atomic E-state index is 0.0338. The Bertz CT molecular complexity index is 809. The van der Waals surface area contributed by atoms with Crippen molar-refractivity contribution in [3.63, 3.8) is 0 Å². The Kier molecular flexibility index (Phi) is 7.92. The van der Waals surface area contributed by atoms with E-state index in [2.05, 4.69) is 5.32 Å². The van der Waals surface area contributed by atoms with Gasteiger partial charge in [-0.2, -0.15) is 0 Å². The Hall–Kier alpha value is -2.96. The Morgan fingerprint density at radius 3 is 2.50 bits per heavy atom. The van der Waals surface area contributed by atoms with E-state index in [-0.39, 0.29) is 31.4 Å². The highest BCUT2D eigenvalue weighted by Crippen LogP contribution is 2.16. The summed E-state index contributed by atoms with van der Waals surface area (Å²) in [6, 6.07) is 10.2. The van der Waals surface area contributed by atoms with Crippen LogP contribution in [0.5, 0.6) is 5.75 Å². The predicted octanol–water partition coefficient (Wildman–Crippen LogP) is 3.36. The molecule has 0 saturated heterocycles. The van der Waals surface area contributed by atoms with Crippen molar-refractivity contribution in [1.29, 1.82) is 0 Å². The maximum Gasteiger partial charge on any atom is 0.308 e. The molecule has 0 fully saturated rings. The summed E-state index contributed by atoms with van der Waals surface area (Å²) in [7, 11) is 0. The van der Waals surface area contributed by atoms with Crippen molar-refractivity contribution in [2.45, 2.75) is 26.2 Å². The number of aliphatic carboxylic acids is 1. The van der Waals surface area contributed by atoms with Crippen molar-refractivity contribution < 1.29 is 28.2 Å². The summed E-state index contributed by atoms with van der Waals surface area (Å²) in [4.78, 5) is 23.5. The van der Waals surface area contributed by atoms with Crippen molar-refractivity contribution in [3.05, 3.63) is 65.2 Å². The van der Waals surface area contributed by atoms with E-state index in [1.165, 1.54) is 0 Å². The van der Waals surface area contributed by atoms with E-state index in [9.17, 15) is 23.5 Å². The Morgan fingerprint density at radius 2 is 1.86 bits per heavy atom. The second-order valence-electron chi connectivity index (χ2n) is 6.36. The lowest BCUT2D eigenvalue weighted by Gasteiger charge is -2.14. The number of rotatable bonds is 10. The molecule has 1 atom stereocenters. The van der Waals surface area contributed by atoms with E-state index in [0.717, 1.165) is 23.8 Å². The number of carbonyl (C=O) groups excluding carboxylic acids is 1. The number of amides is 1. The standard InChI is InChI=1S/C21H23F2NO4/c1-2-28-18-7-3-14(4-8-18)11-16(21(26)27)13-24-20(25)10-5-15-12-17(22)6-9-19(15)23/h3-4,6-9,12,16H,2,5,10-11,13H2,1H3,(H,24,25)(H,26,27). The molecule has 0 radical (unpaired) electrons. The molecule has 2 aromatic rings. The number of carbonyl (C=O) groups is 2. The summed E-state index contributed by atoms with van der Waals surface area (Å²) < 4.78 is 32.1. The topological polar surface area (TPSA) is 75.6 Å². The molecular weight excluding hydrogens is 368 g/mol. The smallest absolute Gasteiger partial charge is 0.308 e. The summed E-state index contributed by atoms with van der Waals surface area (Å²) in [6.45, 7) is 2.37. The molecule has 0 aromatic heterocycles. The monoisotopic (exact) mass is 391 g/mol. The summed E-state index contributed by atoms with van der Waals surface area (Å²) in [5.41, 5.74) is 0.922. The first-order valence-electron chi connectivity index (χ1n) is 9.04. The molecule has 2 N–H and O–H groups in total. The number of nitrogens with one attached hydrogen (secondary N) is 1. The van der Waals surface area contributed by atoms with E-state index in [1.807, 2.05) is 6.92 Å². The highest BCUT2D eigenvalue weighted by Gasteiger charge is 2.19. The van der Waals surface area contributed by atoms with Crippen LogP contribution in [0.25, 0.3) is 0 Å². The third-order valence-electron chi connectivity index (χ3n) is 4.24. The largest absolute Gasteiger partial charge is 0.494 e. The van der Waals surface area contributed by atoms with Gasteiger partial charge in [0.2, 0.25) is 5.91 Å². The van der Waals surface area contributed by atoms with Crippen molar-refractivity contribution >= 4 is 11.9 Å². The molecule has 1 unspecified atom stereocenters. The van der Waals surface area contributed by atoms with Gasteiger partial charge in [-0.15, -0.1) is 0 Å². The first kappa shape index (κ1) is 21.3. The third kappa shape index (κ3) is 6.64. The van der Waals surface area contributed by atoms with E-state index >= 15 is 0 Å². The number of carboxylic acid groups (broad SMARTS) is 1. The number of aryl methyl sites for hydroxylation is 1. The van der Waals surface area contributed by atoms with Crippen LogP contribution in [0.4, 0.5) is 8.78 Å². The molecule has 0 heterocycles. The van der Waals surface area contributed by atoms with Crippen LogP contribution in [0, 0.1) is 17.6 Å². The van der Waals surface area contributed by atoms with E-state index in [4.69, 9.17) is 4.74 Å². The molecule has 28 heavy (non-hydrogen) atoms. The van der Waals surface area contributed by atoms with E-state index in [1.54, 1.807) is 24.3 Å². The highest BCUT2D eigenvalue weighted by atomic mass is 19.1. The zero-order chi connectivity index (χ0) is 20.5. The molecule has 5 nitrogen and oxygen atoms in total. The van der Waals surface area contributed by atoms with E-state index < -0.39 is 29.4 Å². The maximum atomic E-state index is 13.6. The van der Waals surface area contributed by atoms with Crippen LogP contribution in [0.2, 0.25) is 0 Å². The molecule has 0 saturated carbocycles. The predicted molar refractivity (Wildman–Crippen MR) is 100 cm³/mol. The fourth-order valence-corrected chi connectivity index (χ4v) is 2.73. The average molecular weight is 391 g/mol. The van der Waals surface area contributed by atoms with Gasteiger partial charge in [-0.1, -0.05) is 12.1 Å². The maximum absolute atomic E-state index is 13.6. The molecule has 0 bridgehead atoms. The summed E-state index contributed by atoms with van der Waals surface area (Å²) in [5.74, 6) is -2.68. The second kappa shape index (κ2) is 10.4. The third-order valence-corrected chi connectivity index (χ3v) is 4.24. The molecule has 150 valence electrons. The van der Waals surface area contributed by atoms with Crippen LogP contribution in [0.15, 0.2) is 42.5 Å². The lowest BCUT2D eigenvalue weighted by molar-refractivity contribution is -0.141. The average Bonchev–Trinajstić information content (AvgIpc) is 2.67. The lowest BCUT2D eigenvalue weighted by Crippen LogP contribution is -2.34. The van der Waals surface area contributed by atoms with Crippen LogP contribution in [0.1, 0.15) is 24.5 Å². The van der Waals surface area contributed by atoms with Crippen molar-refractivity contribution in [1.82, 2.24) is 5.32 Å². The van der Waals surface area contributed by atoms with Gasteiger partial charge in [-0.3, -0.25) is 9.59 Å². The number of carboxylic acids is 1. The van der Waals surface area contributed by atoms with Crippen molar-refractivity contribution in [2.24, 2.45) is 5.92 Å². The van der Waals surface area contributed by atoms with Gasteiger partial charge in [0.05, 0.1) is 12.5 Å². The van der Waals surface area contributed by atoms with Gasteiger partial charge in [-0.25, -0.2) is 8.78 Å². The van der Waals surface area contributed by atoms with E-state index in [0.29, 0.717) is 12.4 Å². The fraction of sp³-hybridized carbons (Fsp3) is 0.333. The number of halogens is 2. The lowest BCUT2D eigenvalue weighted by atomic mass is 9.99. The molecule has 0 aliphatic carbocycles. The number of ether oxygens (including phenoxy) is 1. The molecule has 0 aliphatic rings. The Morgan fingerprint density at radius 1 is 1.14 bits per heavy atom. The van der Waals surface area contributed by atoms with Crippen molar-refractivity contribution in [3.8, 4) is 5.75 Å². The zero-order valence-electron chi connectivity index (χ0n) is 15.6. The quantitative estimate of drug-likeness (QED) is 0.651. The normalized spacial score (nSPS) is 11.7. The van der Waals surface area contributed by atoms with Gasteiger partial charge in [0.1, 0.15) is 17.4 Å².